The summed E-state index contributed by atoms with van der Waals surface area (Å²) in [5, 5.41) is 9.85. The van der Waals surface area contributed by atoms with Crippen molar-refractivity contribution in [3.63, 3.8) is 0 Å². The van der Waals surface area contributed by atoms with E-state index < -0.39 is 37.6 Å². The molecule has 8 heteroatoms. The standard InChI is InChI=1S/C6H8F5NO2/c7-4(8)2-12-1-3(5(13)14)6(9,10)11/h3-4,12H,1-2H2,(H,13,14). The highest BCUT2D eigenvalue weighted by molar-refractivity contribution is 5.71. The maximum Gasteiger partial charge on any atom is 0.403 e. The van der Waals surface area contributed by atoms with Gasteiger partial charge in [-0.1, -0.05) is 0 Å². The van der Waals surface area contributed by atoms with E-state index in [1.165, 1.54) is 0 Å². The molecule has 0 aliphatic carbocycles. The molecule has 14 heavy (non-hydrogen) atoms. The molecule has 0 rings (SSSR count). The zero-order valence-corrected chi connectivity index (χ0v) is 6.81. The van der Waals surface area contributed by atoms with Gasteiger partial charge >= 0.3 is 12.1 Å². The first-order valence-electron chi connectivity index (χ1n) is 3.53. The molecule has 0 radical (unpaired) electrons. The Bertz CT molecular complexity index is 193. The van der Waals surface area contributed by atoms with Gasteiger partial charge in [-0.15, -0.1) is 0 Å². The van der Waals surface area contributed by atoms with Gasteiger partial charge in [0.05, 0.1) is 6.54 Å². The van der Waals surface area contributed by atoms with E-state index in [1.54, 1.807) is 5.32 Å². The quantitative estimate of drug-likeness (QED) is 0.683. The fourth-order valence-electron chi connectivity index (χ4n) is 0.680. The van der Waals surface area contributed by atoms with Crippen LogP contribution in [0.3, 0.4) is 0 Å². The largest absolute Gasteiger partial charge is 0.481 e. The number of nitrogens with one attached hydrogen (secondary N) is 1. The number of carboxylic acids is 1. The second-order valence-electron chi connectivity index (χ2n) is 2.48. The fourth-order valence-corrected chi connectivity index (χ4v) is 0.680. The molecule has 0 aromatic rings. The van der Waals surface area contributed by atoms with Crippen LogP contribution in [0.4, 0.5) is 22.0 Å². The van der Waals surface area contributed by atoms with E-state index in [0.29, 0.717) is 0 Å². The van der Waals surface area contributed by atoms with Crippen LogP contribution in [0.25, 0.3) is 0 Å². The molecule has 0 saturated carbocycles. The first-order chi connectivity index (χ1) is 6.25. The van der Waals surface area contributed by atoms with Crippen molar-refractivity contribution >= 4 is 5.97 Å². The second-order valence-corrected chi connectivity index (χ2v) is 2.48. The van der Waals surface area contributed by atoms with Crippen LogP contribution in [0.1, 0.15) is 0 Å². The van der Waals surface area contributed by atoms with Crippen LogP contribution in [-0.2, 0) is 4.79 Å². The van der Waals surface area contributed by atoms with Crippen LogP contribution in [0.15, 0.2) is 0 Å². The summed E-state index contributed by atoms with van der Waals surface area (Å²) in [6.07, 6.45) is -7.74. The maximum absolute atomic E-state index is 11.9. The molecule has 0 bridgehead atoms. The molecule has 0 heterocycles. The second kappa shape index (κ2) is 5.08. The summed E-state index contributed by atoms with van der Waals surface area (Å²) in [5.41, 5.74) is 0. The lowest BCUT2D eigenvalue weighted by Gasteiger charge is -2.16. The molecule has 0 spiro atoms. The average Bonchev–Trinajstić information content (AvgIpc) is 1.94. The van der Waals surface area contributed by atoms with Crippen LogP contribution in [-0.4, -0.2) is 36.8 Å². The van der Waals surface area contributed by atoms with Gasteiger partial charge in [-0.05, 0) is 0 Å². The fraction of sp³-hybridized carbons (Fsp3) is 0.833. The summed E-state index contributed by atoms with van der Waals surface area (Å²) < 4.78 is 58.6. The molecule has 3 nitrogen and oxygen atoms in total. The SMILES string of the molecule is O=C(O)C(CNCC(F)F)C(F)(F)F. The normalized spacial score (nSPS) is 14.4. The monoisotopic (exact) mass is 221 g/mol. The summed E-state index contributed by atoms with van der Waals surface area (Å²) in [4.78, 5) is 10.1. The van der Waals surface area contributed by atoms with Crippen LogP contribution in [0.2, 0.25) is 0 Å². The van der Waals surface area contributed by atoms with Gasteiger partial charge in [0.25, 0.3) is 6.43 Å². The van der Waals surface area contributed by atoms with Gasteiger partial charge < -0.3 is 10.4 Å². The molecule has 0 aliphatic heterocycles. The minimum atomic E-state index is -4.93. The predicted octanol–water partition coefficient (Wildman–Crippen LogP) is 1.10. The predicted molar refractivity (Wildman–Crippen MR) is 36.1 cm³/mol. The van der Waals surface area contributed by atoms with Crippen molar-refractivity contribution in [1.82, 2.24) is 5.32 Å². The Labute approximate surface area is 75.9 Å². The van der Waals surface area contributed by atoms with Crippen LogP contribution < -0.4 is 5.32 Å². The van der Waals surface area contributed by atoms with Gasteiger partial charge in [-0.3, -0.25) is 4.79 Å². The summed E-state index contributed by atoms with van der Waals surface area (Å²) in [7, 11) is 0. The van der Waals surface area contributed by atoms with E-state index in [0.717, 1.165) is 0 Å². The lowest BCUT2D eigenvalue weighted by atomic mass is 10.1. The number of alkyl halides is 5. The zero-order valence-electron chi connectivity index (χ0n) is 6.81. The molecule has 0 fully saturated rings. The average molecular weight is 221 g/mol. The van der Waals surface area contributed by atoms with Crippen molar-refractivity contribution in [2.24, 2.45) is 5.92 Å². The van der Waals surface area contributed by atoms with E-state index in [-0.39, 0.29) is 0 Å². The highest BCUT2D eigenvalue weighted by Crippen LogP contribution is 2.25. The summed E-state index contributed by atoms with van der Waals surface area (Å²) in [5.74, 6) is -4.74. The lowest BCUT2D eigenvalue weighted by Crippen LogP contribution is -2.40. The van der Waals surface area contributed by atoms with Crippen molar-refractivity contribution in [3.8, 4) is 0 Å². The molecule has 1 atom stereocenters. The number of aliphatic carboxylic acids is 1. The van der Waals surface area contributed by atoms with Gasteiger partial charge in [0, 0.05) is 6.54 Å². The number of carbonyl (C=O) groups is 1. The highest BCUT2D eigenvalue weighted by Gasteiger charge is 2.44. The Hall–Kier alpha value is -0.920. The Morgan fingerprint density at radius 2 is 1.79 bits per heavy atom. The van der Waals surface area contributed by atoms with Crippen molar-refractivity contribution in [2.75, 3.05) is 13.1 Å². The van der Waals surface area contributed by atoms with Gasteiger partial charge in [0.2, 0.25) is 0 Å². The van der Waals surface area contributed by atoms with Crippen molar-refractivity contribution < 1.29 is 31.9 Å². The molecule has 0 aromatic carbocycles. The third-order valence-electron chi connectivity index (χ3n) is 1.34. The Balaban J connectivity index is 4.07. The summed E-state index contributed by atoms with van der Waals surface area (Å²) in [6.45, 7) is -2.01. The minimum absolute atomic E-state index is 0.958. The van der Waals surface area contributed by atoms with E-state index in [9.17, 15) is 26.7 Å². The van der Waals surface area contributed by atoms with Gasteiger partial charge in [0.1, 0.15) is 0 Å². The van der Waals surface area contributed by atoms with E-state index in [4.69, 9.17) is 5.11 Å². The summed E-state index contributed by atoms with van der Waals surface area (Å²) in [6, 6.07) is 0. The third kappa shape index (κ3) is 4.95. The molecular weight excluding hydrogens is 213 g/mol. The Kier molecular flexibility index (Phi) is 4.75. The topological polar surface area (TPSA) is 49.3 Å². The van der Waals surface area contributed by atoms with Crippen molar-refractivity contribution in [2.45, 2.75) is 12.6 Å². The highest BCUT2D eigenvalue weighted by atomic mass is 19.4. The Morgan fingerprint density at radius 3 is 2.07 bits per heavy atom. The maximum atomic E-state index is 11.9. The molecule has 0 aromatic heterocycles. The number of halogens is 5. The summed E-state index contributed by atoms with van der Waals surface area (Å²) >= 11 is 0. The number of hydrogen-bond acceptors (Lipinski definition) is 2. The molecule has 84 valence electrons. The Morgan fingerprint density at radius 1 is 1.29 bits per heavy atom. The van der Waals surface area contributed by atoms with Crippen molar-refractivity contribution in [1.29, 1.82) is 0 Å². The van der Waals surface area contributed by atoms with Gasteiger partial charge in [-0.2, -0.15) is 13.2 Å². The van der Waals surface area contributed by atoms with Gasteiger partial charge in [-0.25, -0.2) is 8.78 Å². The number of hydrogen-bond donors (Lipinski definition) is 2. The van der Waals surface area contributed by atoms with Crippen molar-refractivity contribution in [3.05, 3.63) is 0 Å². The first-order valence-corrected chi connectivity index (χ1v) is 3.53. The molecule has 0 aliphatic rings. The first kappa shape index (κ1) is 13.1. The third-order valence-corrected chi connectivity index (χ3v) is 1.34. The molecule has 2 N–H and O–H groups in total. The molecule has 1 unspecified atom stereocenters. The number of rotatable bonds is 5. The van der Waals surface area contributed by atoms with Crippen LogP contribution in [0, 0.1) is 5.92 Å². The molecular formula is C6H8F5NO2. The van der Waals surface area contributed by atoms with Crippen LogP contribution >= 0.6 is 0 Å². The molecule has 0 saturated heterocycles. The van der Waals surface area contributed by atoms with E-state index in [2.05, 4.69) is 0 Å². The molecule has 0 amide bonds. The van der Waals surface area contributed by atoms with E-state index >= 15 is 0 Å². The minimum Gasteiger partial charge on any atom is -0.481 e. The number of carboxylic acid groups (broad SMARTS) is 1. The smallest absolute Gasteiger partial charge is 0.403 e. The van der Waals surface area contributed by atoms with E-state index in [1.807, 2.05) is 0 Å². The van der Waals surface area contributed by atoms with Gasteiger partial charge in [0.15, 0.2) is 5.92 Å². The lowest BCUT2D eigenvalue weighted by molar-refractivity contribution is -0.192. The zero-order chi connectivity index (χ0) is 11.4. The van der Waals surface area contributed by atoms with Crippen LogP contribution in [0.5, 0.6) is 0 Å².